The predicted molar refractivity (Wildman–Crippen MR) is 80.6 cm³/mol. The molecule has 5 heteroatoms. The maximum Gasteiger partial charge on any atom is 0.199 e. The highest BCUT2D eigenvalue weighted by molar-refractivity contribution is 8.15. The summed E-state index contributed by atoms with van der Waals surface area (Å²) in [7, 11) is 13.0. The van der Waals surface area contributed by atoms with Crippen LogP contribution in [0.3, 0.4) is 0 Å². The van der Waals surface area contributed by atoms with Crippen LogP contribution in [0.15, 0.2) is 0 Å². The lowest BCUT2D eigenvalue weighted by Crippen LogP contribution is -2.37. The zero-order valence-electron chi connectivity index (χ0n) is 12.2. The van der Waals surface area contributed by atoms with E-state index in [2.05, 4.69) is 42.3 Å². The van der Waals surface area contributed by atoms with Gasteiger partial charge in [-0.05, 0) is 0 Å². The smallest absolute Gasteiger partial charge is 0.199 e. The minimum atomic E-state index is 0.324. The van der Waals surface area contributed by atoms with E-state index in [0.29, 0.717) is 10.9 Å². The first-order chi connectivity index (χ1) is 7.60. The molecule has 0 atom stereocenters. The quantitative estimate of drug-likeness (QED) is 0.494. The van der Waals surface area contributed by atoms with Crippen molar-refractivity contribution in [3.63, 3.8) is 0 Å². The van der Waals surface area contributed by atoms with Crippen molar-refractivity contribution in [3.8, 4) is 0 Å². The minimum Gasteiger partial charge on any atom is -0.330 e. The molecule has 0 heterocycles. The Bertz CT molecular complexity index is 232. The lowest BCUT2D eigenvalue weighted by atomic mass is 10.6. The molecule has 0 aliphatic carbocycles. The van der Waals surface area contributed by atoms with E-state index < -0.39 is 0 Å². The summed E-state index contributed by atoms with van der Waals surface area (Å²) in [4.78, 5) is 11.6. The van der Waals surface area contributed by atoms with Crippen molar-refractivity contribution in [1.82, 2.24) is 0 Å². The van der Waals surface area contributed by atoms with Gasteiger partial charge in [0.15, 0.2) is 5.12 Å². The second kappa shape index (κ2) is 7.67. The van der Waals surface area contributed by atoms with Crippen molar-refractivity contribution in [1.29, 1.82) is 0 Å². The molecule has 102 valence electrons. The highest BCUT2D eigenvalue weighted by Crippen LogP contribution is 2.10. The summed E-state index contributed by atoms with van der Waals surface area (Å²) in [5, 5.41) is 0.324. The van der Waals surface area contributed by atoms with Crippen LogP contribution >= 0.6 is 23.5 Å². The molecular formula is C12H28N2OS2+2. The molecule has 0 aliphatic rings. The summed E-state index contributed by atoms with van der Waals surface area (Å²) in [5.41, 5.74) is 0. The van der Waals surface area contributed by atoms with Gasteiger partial charge in [-0.1, -0.05) is 11.8 Å². The SMILES string of the molecule is C[N+](C)(C)CCSCC(=O)SCC[N+](C)(C)C. The highest BCUT2D eigenvalue weighted by atomic mass is 32.2. The molecule has 0 spiro atoms. The van der Waals surface area contributed by atoms with Gasteiger partial charge in [0.1, 0.15) is 0 Å². The number of rotatable bonds is 8. The van der Waals surface area contributed by atoms with Crippen molar-refractivity contribution in [2.75, 3.05) is 72.6 Å². The Kier molecular flexibility index (Phi) is 7.80. The van der Waals surface area contributed by atoms with E-state index in [1.54, 1.807) is 11.8 Å². The van der Waals surface area contributed by atoms with Crippen molar-refractivity contribution in [2.24, 2.45) is 0 Å². The number of nitrogens with zero attached hydrogens (tertiary/aromatic N) is 2. The maximum absolute atomic E-state index is 11.6. The lowest BCUT2D eigenvalue weighted by Gasteiger charge is -2.23. The summed E-state index contributed by atoms with van der Waals surface area (Å²) in [5.74, 6) is 2.64. The molecule has 0 saturated heterocycles. The van der Waals surface area contributed by atoms with E-state index >= 15 is 0 Å². The van der Waals surface area contributed by atoms with E-state index in [4.69, 9.17) is 0 Å². The minimum absolute atomic E-state index is 0.324. The van der Waals surface area contributed by atoms with Crippen molar-refractivity contribution in [2.45, 2.75) is 0 Å². The van der Waals surface area contributed by atoms with Gasteiger partial charge in [-0.2, -0.15) is 0 Å². The van der Waals surface area contributed by atoms with Gasteiger partial charge in [0, 0.05) is 5.75 Å². The summed E-state index contributed by atoms with van der Waals surface area (Å²) in [6.07, 6.45) is 0. The molecular weight excluding hydrogens is 252 g/mol. The van der Waals surface area contributed by atoms with Gasteiger partial charge < -0.3 is 8.97 Å². The van der Waals surface area contributed by atoms with E-state index in [9.17, 15) is 4.79 Å². The molecule has 0 radical (unpaired) electrons. The molecule has 0 rings (SSSR count). The van der Waals surface area contributed by atoms with Crippen LogP contribution in [0.5, 0.6) is 0 Å². The third kappa shape index (κ3) is 14.2. The second-order valence-electron chi connectivity index (χ2n) is 6.30. The Morgan fingerprint density at radius 3 is 1.82 bits per heavy atom. The second-order valence-corrected chi connectivity index (χ2v) is 8.56. The van der Waals surface area contributed by atoms with Crippen LogP contribution < -0.4 is 0 Å². The fourth-order valence-electron chi connectivity index (χ4n) is 0.969. The third-order valence-corrected chi connectivity index (χ3v) is 4.12. The molecule has 0 N–H and O–H groups in total. The van der Waals surface area contributed by atoms with Gasteiger partial charge in [0.25, 0.3) is 0 Å². The monoisotopic (exact) mass is 280 g/mol. The summed E-state index contributed by atoms with van der Waals surface area (Å²) >= 11 is 3.24. The van der Waals surface area contributed by atoms with Gasteiger partial charge in [-0.15, -0.1) is 11.8 Å². The van der Waals surface area contributed by atoms with E-state index in [0.717, 1.165) is 33.6 Å². The van der Waals surface area contributed by atoms with Crippen molar-refractivity contribution in [3.05, 3.63) is 0 Å². The number of quaternary nitrogens is 2. The Morgan fingerprint density at radius 2 is 1.35 bits per heavy atom. The van der Waals surface area contributed by atoms with Gasteiger partial charge in [-0.25, -0.2) is 0 Å². The topological polar surface area (TPSA) is 17.1 Å². The molecule has 0 aromatic carbocycles. The molecule has 0 bridgehead atoms. The van der Waals surface area contributed by atoms with Crippen LogP contribution in [0.4, 0.5) is 0 Å². The number of carbonyl (C=O) groups excluding carboxylic acids is 1. The molecule has 17 heavy (non-hydrogen) atoms. The van der Waals surface area contributed by atoms with Crippen LogP contribution in [-0.2, 0) is 4.79 Å². The summed E-state index contributed by atoms with van der Waals surface area (Å²) in [6.45, 7) is 2.15. The number of hydrogen-bond donors (Lipinski definition) is 0. The summed E-state index contributed by atoms with van der Waals surface area (Å²) < 4.78 is 1.89. The average Bonchev–Trinajstić information content (AvgIpc) is 2.09. The van der Waals surface area contributed by atoms with Gasteiger partial charge >= 0.3 is 0 Å². The van der Waals surface area contributed by atoms with Crippen molar-refractivity contribution < 1.29 is 13.8 Å². The lowest BCUT2D eigenvalue weighted by molar-refractivity contribution is -0.867. The Hall–Kier alpha value is 0.290. The number of carbonyl (C=O) groups is 1. The molecule has 0 amide bonds. The van der Waals surface area contributed by atoms with Crippen LogP contribution in [0, 0.1) is 0 Å². The maximum atomic E-state index is 11.6. The van der Waals surface area contributed by atoms with Gasteiger partial charge in [0.2, 0.25) is 0 Å². The van der Waals surface area contributed by atoms with Gasteiger partial charge in [-0.3, -0.25) is 4.79 Å². The van der Waals surface area contributed by atoms with E-state index in [1.807, 2.05) is 0 Å². The normalized spacial score (nSPS) is 12.8. The zero-order chi connectivity index (χ0) is 13.5. The first-order valence-corrected chi connectivity index (χ1v) is 8.08. The van der Waals surface area contributed by atoms with Crippen LogP contribution in [-0.4, -0.2) is 86.7 Å². The van der Waals surface area contributed by atoms with E-state index in [1.165, 1.54) is 11.8 Å². The van der Waals surface area contributed by atoms with Gasteiger partial charge in [0.05, 0.1) is 66.9 Å². The Labute approximate surface area is 115 Å². The predicted octanol–water partition coefficient (Wildman–Crippen LogP) is 1.39. The first-order valence-electron chi connectivity index (χ1n) is 5.94. The molecule has 0 unspecified atom stereocenters. The molecule has 0 fully saturated rings. The van der Waals surface area contributed by atoms with E-state index in [-0.39, 0.29) is 0 Å². The Balaban J connectivity index is 3.48. The largest absolute Gasteiger partial charge is 0.330 e. The van der Waals surface area contributed by atoms with Crippen molar-refractivity contribution >= 4 is 28.6 Å². The summed E-state index contributed by atoms with van der Waals surface area (Å²) in [6, 6.07) is 0. The van der Waals surface area contributed by atoms with Crippen LogP contribution in [0.2, 0.25) is 0 Å². The average molecular weight is 281 g/mol. The standard InChI is InChI=1S/C12H28N2OS2/c1-13(2,3)7-9-16-11-12(15)17-10-8-14(4,5)6/h7-11H2,1-6H3/q+2. The van der Waals surface area contributed by atoms with Crippen LogP contribution in [0.25, 0.3) is 0 Å². The van der Waals surface area contributed by atoms with Crippen LogP contribution in [0.1, 0.15) is 0 Å². The zero-order valence-corrected chi connectivity index (χ0v) is 13.8. The molecule has 0 aliphatic heterocycles. The molecule has 0 saturated carbocycles. The Morgan fingerprint density at radius 1 is 0.882 bits per heavy atom. The first kappa shape index (κ1) is 17.3. The highest BCUT2D eigenvalue weighted by Gasteiger charge is 2.11. The number of hydrogen-bond acceptors (Lipinski definition) is 3. The fourth-order valence-corrected chi connectivity index (χ4v) is 3.41. The third-order valence-electron chi connectivity index (χ3n) is 2.15. The molecule has 3 nitrogen and oxygen atoms in total. The number of thioether (sulfide) groups is 2. The molecule has 0 aromatic rings. The fraction of sp³-hybridized carbons (Fsp3) is 0.917. The molecule has 0 aromatic heterocycles.